The highest BCUT2D eigenvalue weighted by Gasteiger charge is 2.02. The number of carboxylic acid groups (broad SMARTS) is 1. The smallest absolute Gasteiger partial charge is 0.335 e. The summed E-state index contributed by atoms with van der Waals surface area (Å²) < 4.78 is 5.46. The van der Waals surface area contributed by atoms with Crippen molar-refractivity contribution < 1.29 is 14.6 Å². The van der Waals surface area contributed by atoms with Crippen LogP contribution in [0, 0.1) is 0 Å². The quantitative estimate of drug-likeness (QED) is 0.825. The van der Waals surface area contributed by atoms with E-state index in [0.717, 1.165) is 5.69 Å². The molecule has 0 radical (unpaired) electrons. The fourth-order valence-corrected chi connectivity index (χ4v) is 1.31. The van der Waals surface area contributed by atoms with Gasteiger partial charge in [0.05, 0.1) is 11.3 Å². The standard InChI is InChI=1S/C12H11NO3/c14-12(15)9-3-5-11(6-4-9)16-8-10-2-1-7-13-10/h1-7,13H,8H2,(H,14,15). The van der Waals surface area contributed by atoms with E-state index in [1.807, 2.05) is 18.3 Å². The van der Waals surface area contributed by atoms with Crippen LogP contribution in [-0.2, 0) is 6.61 Å². The van der Waals surface area contributed by atoms with E-state index in [4.69, 9.17) is 9.84 Å². The molecule has 4 heteroatoms. The summed E-state index contributed by atoms with van der Waals surface area (Å²) >= 11 is 0. The van der Waals surface area contributed by atoms with Gasteiger partial charge in [-0.1, -0.05) is 0 Å². The summed E-state index contributed by atoms with van der Waals surface area (Å²) in [7, 11) is 0. The summed E-state index contributed by atoms with van der Waals surface area (Å²) in [6, 6.07) is 10.1. The summed E-state index contributed by atoms with van der Waals surface area (Å²) in [5.74, 6) is -0.282. The van der Waals surface area contributed by atoms with Gasteiger partial charge in [-0.15, -0.1) is 0 Å². The number of ether oxygens (including phenoxy) is 1. The molecule has 0 fully saturated rings. The van der Waals surface area contributed by atoms with Gasteiger partial charge in [0.25, 0.3) is 0 Å². The molecule has 1 heterocycles. The van der Waals surface area contributed by atoms with Crippen LogP contribution in [0.4, 0.5) is 0 Å². The van der Waals surface area contributed by atoms with E-state index >= 15 is 0 Å². The molecule has 1 aromatic heterocycles. The molecular weight excluding hydrogens is 206 g/mol. The normalized spacial score (nSPS) is 10.0. The van der Waals surface area contributed by atoms with Crippen LogP contribution < -0.4 is 4.74 Å². The molecule has 2 rings (SSSR count). The Morgan fingerprint density at radius 3 is 2.56 bits per heavy atom. The monoisotopic (exact) mass is 217 g/mol. The Kier molecular flexibility index (Phi) is 2.91. The molecular formula is C12H11NO3. The predicted molar refractivity (Wildman–Crippen MR) is 58.5 cm³/mol. The van der Waals surface area contributed by atoms with Gasteiger partial charge in [-0.3, -0.25) is 0 Å². The van der Waals surface area contributed by atoms with Crippen molar-refractivity contribution in [1.82, 2.24) is 4.98 Å². The minimum absolute atomic E-state index is 0.257. The number of aromatic nitrogens is 1. The maximum atomic E-state index is 10.6. The molecule has 0 amide bonds. The fourth-order valence-electron chi connectivity index (χ4n) is 1.31. The third-order valence-corrected chi connectivity index (χ3v) is 2.16. The van der Waals surface area contributed by atoms with Crippen LogP contribution in [0.25, 0.3) is 0 Å². The Bertz CT molecular complexity index is 460. The average molecular weight is 217 g/mol. The van der Waals surface area contributed by atoms with Crippen LogP contribution in [-0.4, -0.2) is 16.1 Å². The minimum atomic E-state index is -0.934. The van der Waals surface area contributed by atoms with Crippen molar-refractivity contribution in [3.8, 4) is 5.75 Å². The van der Waals surface area contributed by atoms with Crippen LogP contribution >= 0.6 is 0 Å². The molecule has 2 N–H and O–H groups in total. The third kappa shape index (κ3) is 2.42. The molecule has 0 atom stereocenters. The molecule has 4 nitrogen and oxygen atoms in total. The van der Waals surface area contributed by atoms with Gasteiger partial charge < -0.3 is 14.8 Å². The predicted octanol–water partition coefficient (Wildman–Crippen LogP) is 2.29. The van der Waals surface area contributed by atoms with Crippen molar-refractivity contribution in [1.29, 1.82) is 0 Å². The highest BCUT2D eigenvalue weighted by atomic mass is 16.5. The molecule has 0 unspecified atom stereocenters. The second-order valence-electron chi connectivity index (χ2n) is 3.31. The number of H-pyrrole nitrogens is 1. The molecule has 0 bridgehead atoms. The van der Waals surface area contributed by atoms with Gasteiger partial charge in [0.1, 0.15) is 12.4 Å². The highest BCUT2D eigenvalue weighted by molar-refractivity contribution is 5.87. The molecule has 0 saturated heterocycles. The van der Waals surface area contributed by atoms with Gasteiger partial charge >= 0.3 is 5.97 Å². The number of aromatic amines is 1. The van der Waals surface area contributed by atoms with Gasteiger partial charge in [0.2, 0.25) is 0 Å². The van der Waals surface area contributed by atoms with E-state index in [1.54, 1.807) is 12.1 Å². The molecule has 82 valence electrons. The number of carbonyl (C=O) groups is 1. The minimum Gasteiger partial charge on any atom is -0.487 e. The van der Waals surface area contributed by atoms with Crippen LogP contribution in [0.5, 0.6) is 5.75 Å². The maximum absolute atomic E-state index is 10.6. The maximum Gasteiger partial charge on any atom is 0.335 e. The van der Waals surface area contributed by atoms with Gasteiger partial charge in [-0.05, 0) is 36.4 Å². The molecule has 1 aromatic carbocycles. The second kappa shape index (κ2) is 4.53. The Morgan fingerprint density at radius 1 is 1.25 bits per heavy atom. The van der Waals surface area contributed by atoms with Crippen molar-refractivity contribution in [2.24, 2.45) is 0 Å². The zero-order valence-electron chi connectivity index (χ0n) is 8.51. The van der Waals surface area contributed by atoms with Gasteiger partial charge in [0.15, 0.2) is 0 Å². The Balaban J connectivity index is 1.98. The summed E-state index contributed by atoms with van der Waals surface area (Å²) in [5, 5.41) is 8.71. The fraction of sp³-hybridized carbons (Fsp3) is 0.0833. The molecule has 0 aliphatic heterocycles. The second-order valence-corrected chi connectivity index (χ2v) is 3.31. The number of rotatable bonds is 4. The summed E-state index contributed by atoms with van der Waals surface area (Å²) in [6.07, 6.45) is 1.83. The third-order valence-electron chi connectivity index (χ3n) is 2.16. The lowest BCUT2D eigenvalue weighted by Gasteiger charge is -2.04. The van der Waals surface area contributed by atoms with Gasteiger partial charge in [-0.25, -0.2) is 4.79 Å². The molecule has 0 spiro atoms. The van der Waals surface area contributed by atoms with E-state index in [-0.39, 0.29) is 5.56 Å². The first-order valence-electron chi connectivity index (χ1n) is 4.84. The zero-order valence-corrected chi connectivity index (χ0v) is 8.51. The molecule has 0 saturated carbocycles. The first-order chi connectivity index (χ1) is 7.75. The lowest BCUT2D eigenvalue weighted by Crippen LogP contribution is -1.98. The SMILES string of the molecule is O=C(O)c1ccc(OCc2ccc[nH]2)cc1. The summed E-state index contributed by atoms with van der Waals surface area (Å²) in [6.45, 7) is 0.444. The van der Waals surface area contributed by atoms with Gasteiger partial charge in [-0.2, -0.15) is 0 Å². The van der Waals surface area contributed by atoms with Crippen LogP contribution in [0.2, 0.25) is 0 Å². The van der Waals surface area contributed by atoms with Crippen LogP contribution in [0.15, 0.2) is 42.6 Å². The van der Waals surface area contributed by atoms with Crippen molar-refractivity contribution in [2.45, 2.75) is 6.61 Å². The van der Waals surface area contributed by atoms with Crippen LogP contribution in [0.1, 0.15) is 16.1 Å². The number of nitrogens with one attached hydrogen (secondary N) is 1. The Labute approximate surface area is 92.5 Å². The topological polar surface area (TPSA) is 62.3 Å². The average Bonchev–Trinajstić information content (AvgIpc) is 2.80. The number of aromatic carboxylic acids is 1. The number of hydrogen-bond acceptors (Lipinski definition) is 2. The lowest BCUT2D eigenvalue weighted by molar-refractivity contribution is 0.0697. The first kappa shape index (κ1) is 10.3. The Morgan fingerprint density at radius 2 is 2.00 bits per heavy atom. The van der Waals surface area contributed by atoms with E-state index < -0.39 is 5.97 Å². The molecule has 16 heavy (non-hydrogen) atoms. The zero-order chi connectivity index (χ0) is 11.4. The van der Waals surface area contributed by atoms with Gasteiger partial charge in [0, 0.05) is 6.20 Å². The summed E-state index contributed by atoms with van der Waals surface area (Å²) in [4.78, 5) is 13.6. The Hall–Kier alpha value is -2.23. The molecule has 0 aliphatic rings. The van der Waals surface area contributed by atoms with E-state index in [0.29, 0.717) is 12.4 Å². The summed E-state index contributed by atoms with van der Waals surface area (Å²) in [5.41, 5.74) is 1.23. The van der Waals surface area contributed by atoms with Crippen molar-refractivity contribution >= 4 is 5.97 Å². The number of benzene rings is 1. The number of hydrogen-bond donors (Lipinski definition) is 2. The van der Waals surface area contributed by atoms with Crippen molar-refractivity contribution in [3.05, 3.63) is 53.9 Å². The molecule has 0 aliphatic carbocycles. The van der Waals surface area contributed by atoms with E-state index in [2.05, 4.69) is 4.98 Å². The number of carboxylic acids is 1. The van der Waals surface area contributed by atoms with Crippen molar-refractivity contribution in [2.75, 3.05) is 0 Å². The highest BCUT2D eigenvalue weighted by Crippen LogP contribution is 2.13. The first-order valence-corrected chi connectivity index (χ1v) is 4.84. The lowest BCUT2D eigenvalue weighted by atomic mass is 10.2. The largest absolute Gasteiger partial charge is 0.487 e. The van der Waals surface area contributed by atoms with Crippen molar-refractivity contribution in [3.63, 3.8) is 0 Å². The van der Waals surface area contributed by atoms with Crippen LogP contribution in [0.3, 0.4) is 0 Å². The van der Waals surface area contributed by atoms with E-state index in [1.165, 1.54) is 12.1 Å². The van der Waals surface area contributed by atoms with E-state index in [9.17, 15) is 4.79 Å². The molecule has 2 aromatic rings.